The Morgan fingerprint density at radius 3 is 2.68 bits per heavy atom. The number of rotatable bonds is 9. The lowest BCUT2D eigenvalue weighted by Gasteiger charge is -2.20. The minimum atomic E-state index is 0.269. The topological polar surface area (TPSA) is 58.3 Å². The van der Waals surface area contributed by atoms with Crippen LogP contribution in [-0.4, -0.2) is 24.8 Å². The molecule has 1 unspecified atom stereocenters. The van der Waals surface area contributed by atoms with E-state index < -0.39 is 0 Å². The smallest absolute Gasteiger partial charge is 0.0447 e. The van der Waals surface area contributed by atoms with Crippen molar-refractivity contribution in [3.8, 4) is 0 Å². The lowest BCUT2D eigenvalue weighted by Crippen LogP contribution is -2.29. The Balaban J connectivity index is 1.89. The van der Waals surface area contributed by atoms with Gasteiger partial charge in [0.1, 0.15) is 0 Å². The van der Waals surface area contributed by atoms with Gasteiger partial charge < -0.3 is 16.2 Å². The lowest BCUT2D eigenvalue weighted by molar-refractivity contribution is 0.282. The third-order valence-electron chi connectivity index (χ3n) is 3.85. The summed E-state index contributed by atoms with van der Waals surface area (Å²) >= 11 is 0. The summed E-state index contributed by atoms with van der Waals surface area (Å²) < 4.78 is 0. The van der Waals surface area contributed by atoms with E-state index in [4.69, 9.17) is 10.8 Å². The Kier molecular flexibility index (Phi) is 5.83. The number of nitrogens with one attached hydrogen (secondary N) is 1. The quantitative estimate of drug-likeness (QED) is 0.599. The molecule has 3 nitrogen and oxygen atoms in total. The van der Waals surface area contributed by atoms with Crippen LogP contribution >= 0.6 is 0 Å². The molecule has 0 bridgehead atoms. The van der Waals surface area contributed by atoms with Crippen molar-refractivity contribution in [2.24, 2.45) is 5.73 Å². The summed E-state index contributed by atoms with van der Waals surface area (Å²) in [5.74, 6) is 0.765. The largest absolute Gasteiger partial charge is 0.396 e. The normalized spacial score (nSPS) is 16.5. The maximum atomic E-state index is 8.76. The summed E-state index contributed by atoms with van der Waals surface area (Å²) in [6.45, 7) is 1.91. The maximum Gasteiger partial charge on any atom is 0.0447 e. The van der Waals surface area contributed by atoms with Crippen LogP contribution in [0, 0.1) is 0 Å². The molecule has 1 atom stereocenters. The van der Waals surface area contributed by atoms with E-state index in [0.29, 0.717) is 13.2 Å². The zero-order valence-electron chi connectivity index (χ0n) is 11.6. The summed E-state index contributed by atoms with van der Waals surface area (Å²) in [5, 5.41) is 12.3. The highest BCUT2D eigenvalue weighted by molar-refractivity contribution is 5.35. The van der Waals surface area contributed by atoms with Gasteiger partial charge >= 0.3 is 0 Å². The molecule has 1 aliphatic carbocycles. The van der Waals surface area contributed by atoms with E-state index in [-0.39, 0.29) is 6.04 Å². The third kappa shape index (κ3) is 4.30. The number of unbranched alkanes of at least 4 members (excludes halogenated alkanes) is 2. The Hall–Kier alpha value is -0.900. The molecule has 1 fully saturated rings. The van der Waals surface area contributed by atoms with Crippen LogP contribution in [0.3, 0.4) is 0 Å². The van der Waals surface area contributed by atoms with Crippen molar-refractivity contribution in [2.45, 2.75) is 44.1 Å². The summed E-state index contributed by atoms with van der Waals surface area (Å²) in [6, 6.07) is 8.98. The monoisotopic (exact) mass is 262 g/mol. The Morgan fingerprint density at radius 2 is 2.00 bits per heavy atom. The van der Waals surface area contributed by atoms with Gasteiger partial charge in [0, 0.05) is 19.2 Å². The molecule has 1 saturated carbocycles. The second kappa shape index (κ2) is 7.63. The molecule has 1 aliphatic rings. The van der Waals surface area contributed by atoms with Crippen LogP contribution in [0.2, 0.25) is 0 Å². The number of benzene rings is 1. The van der Waals surface area contributed by atoms with Crippen molar-refractivity contribution in [2.75, 3.05) is 19.7 Å². The standard InChI is InChI=1S/C16H26N2O/c17-12-16(18-10-4-1-5-11-19)15-7-3-2-6-14(15)13-8-9-13/h2-3,6-7,13,16,18-19H,1,4-5,8-12,17H2. The van der Waals surface area contributed by atoms with Gasteiger partial charge in [-0.1, -0.05) is 24.3 Å². The SMILES string of the molecule is NCC(NCCCCCO)c1ccccc1C1CC1. The van der Waals surface area contributed by atoms with E-state index in [0.717, 1.165) is 31.7 Å². The molecular weight excluding hydrogens is 236 g/mol. The molecule has 2 rings (SSSR count). The van der Waals surface area contributed by atoms with Gasteiger partial charge in [-0.05, 0) is 55.7 Å². The van der Waals surface area contributed by atoms with E-state index in [9.17, 15) is 0 Å². The molecule has 1 aromatic rings. The van der Waals surface area contributed by atoms with Gasteiger partial charge in [0.05, 0.1) is 0 Å². The van der Waals surface area contributed by atoms with E-state index in [2.05, 4.69) is 29.6 Å². The van der Waals surface area contributed by atoms with E-state index in [1.807, 2.05) is 0 Å². The summed E-state index contributed by atoms with van der Waals surface area (Å²) in [6.07, 6.45) is 5.72. The molecule has 0 amide bonds. The van der Waals surface area contributed by atoms with Gasteiger partial charge in [0.15, 0.2) is 0 Å². The number of aliphatic hydroxyl groups excluding tert-OH is 1. The highest BCUT2D eigenvalue weighted by atomic mass is 16.2. The van der Waals surface area contributed by atoms with Gasteiger partial charge in [-0.25, -0.2) is 0 Å². The van der Waals surface area contributed by atoms with Crippen molar-refractivity contribution in [3.05, 3.63) is 35.4 Å². The molecule has 4 N–H and O–H groups in total. The maximum absolute atomic E-state index is 8.76. The first-order valence-corrected chi connectivity index (χ1v) is 7.50. The molecule has 3 heteroatoms. The van der Waals surface area contributed by atoms with Crippen LogP contribution in [0.25, 0.3) is 0 Å². The zero-order chi connectivity index (χ0) is 13.5. The van der Waals surface area contributed by atoms with Crippen LogP contribution in [0.5, 0.6) is 0 Å². The summed E-state index contributed by atoms with van der Waals surface area (Å²) in [5.41, 5.74) is 8.80. The highest BCUT2D eigenvalue weighted by Crippen LogP contribution is 2.42. The number of hydrogen-bond donors (Lipinski definition) is 3. The lowest BCUT2D eigenvalue weighted by atomic mass is 9.97. The molecule has 0 saturated heterocycles. The second-order valence-electron chi connectivity index (χ2n) is 5.43. The fourth-order valence-corrected chi connectivity index (χ4v) is 2.60. The van der Waals surface area contributed by atoms with Gasteiger partial charge in [-0.15, -0.1) is 0 Å². The molecule has 0 radical (unpaired) electrons. The first-order chi connectivity index (χ1) is 9.36. The Morgan fingerprint density at radius 1 is 1.21 bits per heavy atom. The van der Waals surface area contributed by atoms with Crippen LogP contribution in [0.1, 0.15) is 55.2 Å². The molecule has 0 aliphatic heterocycles. The molecular formula is C16H26N2O. The van der Waals surface area contributed by atoms with Crippen LogP contribution in [-0.2, 0) is 0 Å². The first kappa shape index (κ1) is 14.5. The highest BCUT2D eigenvalue weighted by Gasteiger charge is 2.27. The Labute approximate surface area is 116 Å². The minimum absolute atomic E-state index is 0.269. The minimum Gasteiger partial charge on any atom is -0.396 e. The van der Waals surface area contributed by atoms with Crippen LogP contribution in [0.15, 0.2) is 24.3 Å². The molecule has 0 heterocycles. The third-order valence-corrected chi connectivity index (χ3v) is 3.85. The molecule has 106 valence electrons. The number of aliphatic hydroxyl groups is 1. The van der Waals surface area contributed by atoms with Gasteiger partial charge in [-0.3, -0.25) is 0 Å². The van der Waals surface area contributed by atoms with Crippen molar-refractivity contribution in [3.63, 3.8) is 0 Å². The fraction of sp³-hybridized carbons (Fsp3) is 0.625. The average molecular weight is 262 g/mol. The van der Waals surface area contributed by atoms with Gasteiger partial charge in [-0.2, -0.15) is 0 Å². The second-order valence-corrected chi connectivity index (χ2v) is 5.43. The van der Waals surface area contributed by atoms with Gasteiger partial charge in [0.25, 0.3) is 0 Å². The predicted molar refractivity (Wildman–Crippen MR) is 79.2 cm³/mol. The summed E-state index contributed by atoms with van der Waals surface area (Å²) in [7, 11) is 0. The average Bonchev–Trinajstić information content (AvgIpc) is 3.28. The van der Waals surface area contributed by atoms with E-state index in [1.165, 1.54) is 24.0 Å². The van der Waals surface area contributed by atoms with Crippen LogP contribution in [0.4, 0.5) is 0 Å². The first-order valence-electron chi connectivity index (χ1n) is 7.50. The van der Waals surface area contributed by atoms with Crippen molar-refractivity contribution < 1.29 is 5.11 Å². The molecule has 1 aromatic carbocycles. The zero-order valence-corrected chi connectivity index (χ0v) is 11.6. The molecule has 0 aromatic heterocycles. The van der Waals surface area contributed by atoms with E-state index in [1.54, 1.807) is 0 Å². The number of nitrogens with two attached hydrogens (primary N) is 1. The van der Waals surface area contributed by atoms with Crippen molar-refractivity contribution in [1.29, 1.82) is 0 Å². The van der Waals surface area contributed by atoms with Crippen LogP contribution < -0.4 is 11.1 Å². The fourth-order valence-electron chi connectivity index (χ4n) is 2.60. The summed E-state index contributed by atoms with van der Waals surface area (Å²) in [4.78, 5) is 0. The predicted octanol–water partition coefficient (Wildman–Crippen LogP) is 2.32. The molecule has 0 spiro atoms. The van der Waals surface area contributed by atoms with Gasteiger partial charge in [0.2, 0.25) is 0 Å². The Bertz CT molecular complexity index is 377. The van der Waals surface area contributed by atoms with E-state index >= 15 is 0 Å². The number of hydrogen-bond acceptors (Lipinski definition) is 3. The van der Waals surface area contributed by atoms with Crippen molar-refractivity contribution in [1.82, 2.24) is 5.32 Å². The van der Waals surface area contributed by atoms with Crippen molar-refractivity contribution >= 4 is 0 Å². The molecule has 19 heavy (non-hydrogen) atoms.